The minimum atomic E-state index is -0.377. The predicted octanol–water partition coefficient (Wildman–Crippen LogP) is 1.38. The van der Waals surface area contributed by atoms with Crippen molar-refractivity contribution in [3.05, 3.63) is 28.5 Å². The highest BCUT2D eigenvalue weighted by molar-refractivity contribution is 9.10. The fourth-order valence-corrected chi connectivity index (χ4v) is 0.893. The van der Waals surface area contributed by atoms with Crippen LogP contribution in [-0.2, 0) is 0 Å². The highest BCUT2D eigenvalue weighted by atomic mass is 79.9. The second kappa shape index (κ2) is 2.52. The number of hydrogen-bond donors (Lipinski definition) is 0. The first-order valence-electron chi connectivity index (χ1n) is 2.40. The molecule has 0 N–H and O–H groups in total. The summed E-state index contributed by atoms with van der Waals surface area (Å²) in [5.41, 5.74) is 0.171. The molecule has 0 nitrogen and oxygen atoms in total. The van der Waals surface area contributed by atoms with Crippen molar-refractivity contribution in [1.29, 1.82) is 0 Å². The fraction of sp³-hybridized carbons (Fsp3) is 0. The lowest BCUT2D eigenvalue weighted by atomic mass is 9.96. The molecule has 0 unspecified atom stereocenters. The molecule has 44 valence electrons. The van der Waals surface area contributed by atoms with Crippen molar-refractivity contribution in [2.75, 3.05) is 0 Å². The van der Waals surface area contributed by atoms with E-state index in [1.54, 1.807) is 6.07 Å². The summed E-state index contributed by atoms with van der Waals surface area (Å²) < 4.78 is 13.1. The van der Waals surface area contributed by atoms with Gasteiger partial charge in [0.2, 0.25) is 0 Å². The Balaban J connectivity index is 3.17. The molecule has 0 aromatic heterocycles. The van der Waals surface area contributed by atoms with E-state index in [9.17, 15) is 4.39 Å². The van der Waals surface area contributed by atoms with Crippen LogP contribution in [0.25, 0.3) is 0 Å². The Bertz CT molecular complexity index is 224. The molecule has 0 fully saturated rings. The fourth-order valence-electron chi connectivity index (χ4n) is 0.515. The van der Waals surface area contributed by atoms with E-state index in [4.69, 9.17) is 7.85 Å². The molecule has 0 spiro atoms. The van der Waals surface area contributed by atoms with Gasteiger partial charge in [0.1, 0.15) is 13.7 Å². The number of rotatable bonds is 0. The van der Waals surface area contributed by atoms with Gasteiger partial charge in [-0.1, -0.05) is 27.5 Å². The molecule has 0 heterocycles. The maximum absolute atomic E-state index is 12.4. The first kappa shape index (κ1) is 6.81. The van der Waals surface area contributed by atoms with Crippen LogP contribution in [0.5, 0.6) is 0 Å². The lowest BCUT2D eigenvalue weighted by Crippen LogP contribution is -2.06. The Morgan fingerprint density at radius 1 is 1.44 bits per heavy atom. The molecule has 1 aromatic rings. The monoisotopic (exact) mass is 184 g/mol. The highest BCUT2D eigenvalue weighted by Gasteiger charge is 1.93. The third-order valence-electron chi connectivity index (χ3n) is 0.958. The van der Waals surface area contributed by atoms with Crippen LogP contribution >= 0.6 is 15.9 Å². The van der Waals surface area contributed by atoms with Crippen molar-refractivity contribution in [3.8, 4) is 0 Å². The minimum absolute atomic E-state index is 0.171. The molecule has 1 rings (SSSR count). The van der Waals surface area contributed by atoms with Gasteiger partial charge in [-0.25, -0.2) is 4.39 Å². The van der Waals surface area contributed by atoms with E-state index in [0.29, 0.717) is 0 Å². The summed E-state index contributed by atoms with van der Waals surface area (Å²) in [5.74, 6) is -0.377. The molecule has 0 amide bonds. The van der Waals surface area contributed by atoms with Crippen LogP contribution < -0.4 is 5.46 Å². The minimum Gasteiger partial charge on any atom is -0.208 e. The SMILES string of the molecule is [B]c1cc(Br)ccc1F. The molecule has 3 heteroatoms. The smallest absolute Gasteiger partial charge is 0.117 e. The van der Waals surface area contributed by atoms with Crippen LogP contribution in [0.3, 0.4) is 0 Å². The van der Waals surface area contributed by atoms with Crippen LogP contribution in [0.4, 0.5) is 4.39 Å². The zero-order chi connectivity index (χ0) is 6.85. The summed E-state index contributed by atoms with van der Waals surface area (Å²) in [6.45, 7) is 0. The van der Waals surface area contributed by atoms with Crippen molar-refractivity contribution >= 4 is 29.2 Å². The average molecular weight is 185 g/mol. The molecule has 0 saturated heterocycles. The van der Waals surface area contributed by atoms with E-state index in [-0.39, 0.29) is 11.3 Å². The largest absolute Gasteiger partial charge is 0.208 e. The topological polar surface area (TPSA) is 0 Å². The van der Waals surface area contributed by atoms with Gasteiger partial charge in [0, 0.05) is 4.47 Å². The second-order valence-corrected chi connectivity index (χ2v) is 2.58. The first-order chi connectivity index (χ1) is 4.20. The molecular formula is C6H3BBrF. The summed E-state index contributed by atoms with van der Waals surface area (Å²) >= 11 is 3.15. The van der Waals surface area contributed by atoms with E-state index in [0.717, 1.165) is 4.47 Å². The molecule has 1 aromatic carbocycles. The Hall–Kier alpha value is -0.305. The summed E-state index contributed by atoms with van der Waals surface area (Å²) in [6, 6.07) is 4.44. The third-order valence-corrected chi connectivity index (χ3v) is 1.45. The quantitative estimate of drug-likeness (QED) is 0.535. The standard InChI is InChI=1S/C6H3BBrF/c7-5-3-4(8)1-2-6(5)9/h1-3H. The number of hydrogen-bond acceptors (Lipinski definition) is 0. The average Bonchev–Trinajstić information content (AvgIpc) is 1.80. The van der Waals surface area contributed by atoms with Crippen molar-refractivity contribution in [2.45, 2.75) is 0 Å². The van der Waals surface area contributed by atoms with Gasteiger partial charge in [0.25, 0.3) is 0 Å². The van der Waals surface area contributed by atoms with Gasteiger partial charge in [-0.2, -0.15) is 0 Å². The van der Waals surface area contributed by atoms with E-state index in [1.165, 1.54) is 12.1 Å². The lowest BCUT2D eigenvalue weighted by Gasteiger charge is -1.94. The molecular weight excluding hydrogens is 182 g/mol. The summed E-state index contributed by atoms with van der Waals surface area (Å²) in [6.07, 6.45) is 0. The second-order valence-electron chi connectivity index (χ2n) is 1.67. The van der Waals surface area contributed by atoms with E-state index in [1.807, 2.05) is 0 Å². The molecule has 2 radical (unpaired) electrons. The Labute approximate surface area is 62.6 Å². The molecule has 9 heavy (non-hydrogen) atoms. The van der Waals surface area contributed by atoms with Crippen molar-refractivity contribution in [3.63, 3.8) is 0 Å². The maximum Gasteiger partial charge on any atom is 0.117 e. The Morgan fingerprint density at radius 3 is 2.56 bits per heavy atom. The van der Waals surface area contributed by atoms with Crippen LogP contribution in [0.15, 0.2) is 22.7 Å². The van der Waals surface area contributed by atoms with E-state index in [2.05, 4.69) is 15.9 Å². The van der Waals surface area contributed by atoms with Gasteiger partial charge in [0.05, 0.1) is 0 Å². The van der Waals surface area contributed by atoms with E-state index < -0.39 is 0 Å². The molecule has 0 aliphatic rings. The maximum atomic E-state index is 12.4. The number of halogens is 2. The van der Waals surface area contributed by atoms with Crippen LogP contribution in [-0.4, -0.2) is 7.85 Å². The van der Waals surface area contributed by atoms with Crippen molar-refractivity contribution in [2.24, 2.45) is 0 Å². The molecule has 0 aliphatic carbocycles. The third kappa shape index (κ3) is 1.55. The van der Waals surface area contributed by atoms with Crippen LogP contribution in [0.2, 0.25) is 0 Å². The van der Waals surface area contributed by atoms with Gasteiger partial charge in [-0.3, -0.25) is 0 Å². The zero-order valence-electron chi connectivity index (χ0n) is 4.57. The van der Waals surface area contributed by atoms with Gasteiger partial charge < -0.3 is 0 Å². The summed E-state index contributed by atoms with van der Waals surface area (Å²) in [4.78, 5) is 0. The first-order valence-corrected chi connectivity index (χ1v) is 3.20. The normalized spacial score (nSPS) is 9.56. The summed E-state index contributed by atoms with van der Waals surface area (Å²) in [5, 5.41) is 0. The molecule has 0 aliphatic heterocycles. The van der Waals surface area contributed by atoms with Gasteiger partial charge in [-0.05, 0) is 12.1 Å². The Kier molecular flexibility index (Phi) is 1.91. The van der Waals surface area contributed by atoms with Gasteiger partial charge >= 0.3 is 0 Å². The summed E-state index contributed by atoms with van der Waals surface area (Å²) in [7, 11) is 5.22. The predicted molar refractivity (Wildman–Crippen MR) is 39.5 cm³/mol. The Morgan fingerprint density at radius 2 is 2.11 bits per heavy atom. The van der Waals surface area contributed by atoms with Crippen LogP contribution in [0, 0.1) is 5.82 Å². The molecule has 0 bridgehead atoms. The van der Waals surface area contributed by atoms with Gasteiger partial charge in [0.15, 0.2) is 0 Å². The van der Waals surface area contributed by atoms with Crippen molar-refractivity contribution < 1.29 is 4.39 Å². The number of benzene rings is 1. The van der Waals surface area contributed by atoms with Crippen molar-refractivity contribution in [1.82, 2.24) is 0 Å². The lowest BCUT2D eigenvalue weighted by molar-refractivity contribution is 0.636. The molecule has 0 atom stereocenters. The zero-order valence-corrected chi connectivity index (χ0v) is 6.15. The van der Waals surface area contributed by atoms with E-state index >= 15 is 0 Å². The molecule has 0 saturated carbocycles. The van der Waals surface area contributed by atoms with Gasteiger partial charge in [-0.15, -0.1) is 0 Å². The van der Waals surface area contributed by atoms with Crippen LogP contribution in [0.1, 0.15) is 0 Å². The highest BCUT2D eigenvalue weighted by Crippen LogP contribution is 2.06.